The molecule has 2 aromatic carbocycles. The third-order valence-electron chi connectivity index (χ3n) is 5.78. The van der Waals surface area contributed by atoms with Gasteiger partial charge in [0.25, 0.3) is 11.8 Å². The van der Waals surface area contributed by atoms with Gasteiger partial charge in [-0.15, -0.1) is 0 Å². The summed E-state index contributed by atoms with van der Waals surface area (Å²) >= 11 is 0. The number of hydrogen-bond donors (Lipinski definition) is 1. The molecule has 0 spiro atoms. The van der Waals surface area contributed by atoms with E-state index in [1.807, 2.05) is 35.2 Å². The summed E-state index contributed by atoms with van der Waals surface area (Å²) in [7, 11) is 0. The zero-order valence-corrected chi connectivity index (χ0v) is 18.3. The SMILES string of the molecule is Cc1occc1C(=O)N1CCC(Oc2ccc(C(=O)NCCc3ccccc3)cc2)CC1. The van der Waals surface area contributed by atoms with Gasteiger partial charge in [-0.2, -0.15) is 0 Å². The molecule has 6 heteroatoms. The van der Waals surface area contributed by atoms with E-state index in [1.54, 1.807) is 31.4 Å². The zero-order valence-electron chi connectivity index (χ0n) is 18.3. The third-order valence-corrected chi connectivity index (χ3v) is 5.78. The minimum Gasteiger partial charge on any atom is -0.490 e. The number of furan rings is 1. The minimum absolute atomic E-state index is 0.0114. The van der Waals surface area contributed by atoms with Gasteiger partial charge >= 0.3 is 0 Å². The van der Waals surface area contributed by atoms with Crippen molar-refractivity contribution < 1.29 is 18.7 Å². The van der Waals surface area contributed by atoms with E-state index >= 15 is 0 Å². The van der Waals surface area contributed by atoms with Crippen LogP contribution in [0.25, 0.3) is 0 Å². The summed E-state index contributed by atoms with van der Waals surface area (Å²) in [6.07, 6.45) is 3.94. The fourth-order valence-electron chi connectivity index (χ4n) is 3.90. The summed E-state index contributed by atoms with van der Waals surface area (Å²) in [6.45, 7) is 3.69. The maximum Gasteiger partial charge on any atom is 0.257 e. The topological polar surface area (TPSA) is 71.8 Å². The van der Waals surface area contributed by atoms with E-state index in [1.165, 1.54) is 5.56 Å². The first-order valence-corrected chi connectivity index (χ1v) is 11.0. The van der Waals surface area contributed by atoms with Crippen molar-refractivity contribution >= 4 is 11.8 Å². The molecule has 2 amide bonds. The first kappa shape index (κ1) is 21.7. The molecule has 1 aromatic heterocycles. The Bertz CT molecular complexity index is 1040. The van der Waals surface area contributed by atoms with Crippen LogP contribution in [-0.4, -0.2) is 42.5 Å². The van der Waals surface area contributed by atoms with E-state index in [4.69, 9.17) is 9.15 Å². The third kappa shape index (κ3) is 5.38. The number of carbonyl (C=O) groups excluding carboxylic acids is 2. The molecule has 0 radical (unpaired) electrons. The summed E-state index contributed by atoms with van der Waals surface area (Å²) in [6, 6.07) is 19.0. The molecule has 3 aromatic rings. The van der Waals surface area contributed by atoms with E-state index in [-0.39, 0.29) is 17.9 Å². The Labute approximate surface area is 188 Å². The van der Waals surface area contributed by atoms with Crippen LogP contribution in [0, 0.1) is 6.92 Å². The molecule has 0 saturated carbocycles. The van der Waals surface area contributed by atoms with Crippen LogP contribution in [0.5, 0.6) is 5.75 Å². The highest BCUT2D eigenvalue weighted by atomic mass is 16.5. The average Bonchev–Trinajstić information content (AvgIpc) is 3.26. The highest BCUT2D eigenvalue weighted by Crippen LogP contribution is 2.22. The van der Waals surface area contributed by atoms with Crippen LogP contribution in [0.2, 0.25) is 0 Å². The van der Waals surface area contributed by atoms with Crippen LogP contribution >= 0.6 is 0 Å². The van der Waals surface area contributed by atoms with Gasteiger partial charge in [-0.3, -0.25) is 9.59 Å². The van der Waals surface area contributed by atoms with Gasteiger partial charge in [0.15, 0.2) is 0 Å². The number of hydrogen-bond acceptors (Lipinski definition) is 4. The zero-order chi connectivity index (χ0) is 22.3. The van der Waals surface area contributed by atoms with Crippen LogP contribution in [-0.2, 0) is 6.42 Å². The second-order valence-corrected chi connectivity index (χ2v) is 8.02. The number of aryl methyl sites for hydroxylation is 1. The molecule has 0 unspecified atom stereocenters. The molecule has 6 nitrogen and oxygen atoms in total. The molecule has 1 aliphatic rings. The summed E-state index contributed by atoms with van der Waals surface area (Å²) in [5, 5.41) is 2.96. The van der Waals surface area contributed by atoms with Crippen molar-refractivity contribution in [2.45, 2.75) is 32.3 Å². The van der Waals surface area contributed by atoms with Gasteiger partial charge in [0.1, 0.15) is 17.6 Å². The summed E-state index contributed by atoms with van der Waals surface area (Å²) in [5.74, 6) is 1.31. The van der Waals surface area contributed by atoms with Crippen LogP contribution in [0.3, 0.4) is 0 Å². The normalized spacial score (nSPS) is 14.2. The number of amides is 2. The Morgan fingerprint density at radius 1 is 1.03 bits per heavy atom. The average molecular weight is 433 g/mol. The van der Waals surface area contributed by atoms with Crippen molar-refractivity contribution in [3.05, 3.63) is 89.4 Å². The summed E-state index contributed by atoms with van der Waals surface area (Å²) in [5.41, 5.74) is 2.44. The van der Waals surface area contributed by atoms with Gasteiger partial charge < -0.3 is 19.4 Å². The van der Waals surface area contributed by atoms with Gasteiger partial charge in [0.05, 0.1) is 11.8 Å². The fraction of sp³-hybridized carbons (Fsp3) is 0.308. The molecule has 0 atom stereocenters. The first-order chi connectivity index (χ1) is 15.6. The maximum absolute atomic E-state index is 12.6. The number of nitrogens with zero attached hydrogens (tertiary/aromatic N) is 1. The number of benzene rings is 2. The van der Waals surface area contributed by atoms with E-state index in [9.17, 15) is 9.59 Å². The Morgan fingerprint density at radius 2 is 1.75 bits per heavy atom. The van der Waals surface area contributed by atoms with Gasteiger partial charge in [0.2, 0.25) is 0 Å². The van der Waals surface area contributed by atoms with Crippen LogP contribution in [0.4, 0.5) is 0 Å². The molecule has 166 valence electrons. The molecule has 1 fully saturated rings. The Balaban J connectivity index is 1.22. The lowest BCUT2D eigenvalue weighted by Crippen LogP contribution is -2.41. The molecule has 0 aliphatic carbocycles. The lowest BCUT2D eigenvalue weighted by Gasteiger charge is -2.32. The van der Waals surface area contributed by atoms with Gasteiger partial charge in [-0.05, 0) is 49.2 Å². The largest absolute Gasteiger partial charge is 0.490 e. The van der Waals surface area contributed by atoms with Crippen molar-refractivity contribution in [1.29, 1.82) is 0 Å². The number of likely N-dealkylation sites (tertiary alicyclic amines) is 1. The predicted molar refractivity (Wildman–Crippen MR) is 122 cm³/mol. The van der Waals surface area contributed by atoms with Crippen molar-refractivity contribution in [1.82, 2.24) is 10.2 Å². The fourth-order valence-corrected chi connectivity index (χ4v) is 3.90. The highest BCUT2D eigenvalue weighted by Gasteiger charge is 2.26. The monoisotopic (exact) mass is 432 g/mol. The first-order valence-electron chi connectivity index (χ1n) is 11.0. The molecule has 1 N–H and O–H groups in total. The van der Waals surface area contributed by atoms with Crippen LogP contribution in [0.1, 0.15) is 44.9 Å². The molecule has 1 saturated heterocycles. The van der Waals surface area contributed by atoms with Gasteiger partial charge in [0, 0.05) is 38.0 Å². The quantitative estimate of drug-likeness (QED) is 0.606. The smallest absolute Gasteiger partial charge is 0.257 e. The van der Waals surface area contributed by atoms with Crippen molar-refractivity contribution in [3.8, 4) is 5.75 Å². The van der Waals surface area contributed by atoms with Gasteiger partial charge in [-0.1, -0.05) is 30.3 Å². The van der Waals surface area contributed by atoms with Crippen molar-refractivity contribution in [2.24, 2.45) is 0 Å². The lowest BCUT2D eigenvalue weighted by molar-refractivity contribution is 0.0594. The van der Waals surface area contributed by atoms with Gasteiger partial charge in [-0.25, -0.2) is 0 Å². The number of nitrogens with one attached hydrogen (secondary N) is 1. The van der Waals surface area contributed by atoms with Crippen LogP contribution in [0.15, 0.2) is 71.3 Å². The summed E-state index contributed by atoms with van der Waals surface area (Å²) < 4.78 is 11.3. The number of ether oxygens (including phenoxy) is 1. The maximum atomic E-state index is 12.6. The highest BCUT2D eigenvalue weighted by molar-refractivity contribution is 5.95. The Morgan fingerprint density at radius 3 is 2.41 bits per heavy atom. The molecule has 0 bridgehead atoms. The minimum atomic E-state index is -0.0890. The second kappa shape index (κ2) is 10.2. The summed E-state index contributed by atoms with van der Waals surface area (Å²) in [4.78, 5) is 26.8. The van der Waals surface area contributed by atoms with Crippen molar-refractivity contribution in [2.75, 3.05) is 19.6 Å². The molecular formula is C26H28N2O4. The lowest BCUT2D eigenvalue weighted by atomic mass is 10.1. The molecule has 32 heavy (non-hydrogen) atoms. The second-order valence-electron chi connectivity index (χ2n) is 8.02. The van der Waals surface area contributed by atoms with E-state index < -0.39 is 0 Å². The van der Waals surface area contributed by atoms with Crippen LogP contribution < -0.4 is 10.1 Å². The Kier molecular flexibility index (Phi) is 6.90. The Hall–Kier alpha value is -3.54. The van der Waals surface area contributed by atoms with E-state index in [2.05, 4.69) is 17.4 Å². The molecule has 4 rings (SSSR count). The molecule has 2 heterocycles. The number of carbonyl (C=O) groups is 2. The molecular weight excluding hydrogens is 404 g/mol. The van der Waals surface area contributed by atoms with E-state index in [0.29, 0.717) is 36.5 Å². The van der Waals surface area contributed by atoms with Crippen molar-refractivity contribution in [3.63, 3.8) is 0 Å². The predicted octanol–water partition coefficient (Wildman–Crippen LogP) is 4.24. The number of rotatable bonds is 7. The van der Waals surface area contributed by atoms with E-state index in [0.717, 1.165) is 25.0 Å². The standard InChI is InChI=1S/C26H28N2O4/c1-19-24(14-18-31-19)26(30)28-16-12-23(13-17-28)32-22-9-7-21(8-10-22)25(29)27-15-11-20-5-3-2-4-6-20/h2-10,14,18,23H,11-13,15-17H2,1H3,(H,27,29). The molecule has 1 aliphatic heterocycles. The number of piperidine rings is 1.